The summed E-state index contributed by atoms with van der Waals surface area (Å²) in [4.78, 5) is 26.4. The zero-order valence-corrected chi connectivity index (χ0v) is 7.86. The summed E-state index contributed by atoms with van der Waals surface area (Å²) in [5.41, 5.74) is 2.18. The summed E-state index contributed by atoms with van der Waals surface area (Å²) in [5, 5.41) is 8.60. The second-order valence-corrected chi connectivity index (χ2v) is 2.93. The van der Waals surface area contributed by atoms with Crippen LogP contribution in [0.2, 0.25) is 0 Å². The van der Waals surface area contributed by atoms with E-state index in [2.05, 4.69) is 10.3 Å². The van der Waals surface area contributed by atoms with E-state index in [9.17, 15) is 9.59 Å². The van der Waals surface area contributed by atoms with Gasteiger partial charge in [-0.15, -0.1) is 0 Å². The summed E-state index contributed by atoms with van der Waals surface area (Å²) in [6.45, 7) is 2.09. The Morgan fingerprint density at radius 3 is 2.64 bits per heavy atom. The van der Waals surface area contributed by atoms with E-state index < -0.39 is 24.1 Å². The Balaban J connectivity index is 2.34. The van der Waals surface area contributed by atoms with Crippen LogP contribution in [-0.2, 0) is 19.2 Å². The Kier molecular flexibility index (Phi) is 3.84. The summed E-state index contributed by atoms with van der Waals surface area (Å²) in [6, 6.07) is 0. The Morgan fingerprint density at radius 2 is 2.14 bits per heavy atom. The highest BCUT2D eigenvalue weighted by Crippen LogP contribution is 2.19. The summed E-state index contributed by atoms with van der Waals surface area (Å²) in [5.74, 6) is -1.45. The predicted molar refractivity (Wildman–Crippen MR) is 45.3 cm³/mol. The van der Waals surface area contributed by atoms with Crippen LogP contribution in [0.4, 0.5) is 0 Å². The van der Waals surface area contributed by atoms with Gasteiger partial charge in [0.1, 0.15) is 6.10 Å². The highest BCUT2D eigenvalue weighted by atomic mass is 16.7. The molecule has 2 N–H and O–H groups in total. The number of rotatable bonds is 4. The number of carbonyl (C=O) groups is 2. The number of hydrogen-bond donors (Lipinski definition) is 2. The molecule has 0 bridgehead atoms. The van der Waals surface area contributed by atoms with Gasteiger partial charge >= 0.3 is 5.97 Å². The Bertz CT molecular complexity index is 230. The lowest BCUT2D eigenvalue weighted by molar-refractivity contribution is -0.155. The second-order valence-electron chi connectivity index (χ2n) is 2.93. The highest BCUT2D eigenvalue weighted by Gasteiger charge is 2.34. The van der Waals surface area contributed by atoms with Crippen molar-refractivity contribution in [2.45, 2.75) is 32.0 Å². The third-order valence-corrected chi connectivity index (χ3v) is 1.90. The zero-order chi connectivity index (χ0) is 10.6. The van der Waals surface area contributed by atoms with E-state index in [4.69, 9.17) is 9.84 Å². The predicted octanol–water partition coefficient (Wildman–Crippen LogP) is -0.314. The van der Waals surface area contributed by atoms with Crippen molar-refractivity contribution in [2.24, 2.45) is 0 Å². The van der Waals surface area contributed by atoms with Gasteiger partial charge in [0.05, 0.1) is 6.61 Å². The van der Waals surface area contributed by atoms with Crippen molar-refractivity contribution in [3.63, 3.8) is 0 Å². The van der Waals surface area contributed by atoms with E-state index >= 15 is 0 Å². The Labute approximate surface area is 81.1 Å². The van der Waals surface area contributed by atoms with Crippen molar-refractivity contribution in [3.05, 3.63) is 0 Å². The average Bonchev–Trinajstić information content (AvgIpc) is 2.62. The number of carboxylic acids is 1. The molecule has 0 spiro atoms. The van der Waals surface area contributed by atoms with Gasteiger partial charge in [-0.3, -0.25) is 9.63 Å². The molecule has 0 aromatic heterocycles. The topological polar surface area (TPSA) is 84.9 Å². The summed E-state index contributed by atoms with van der Waals surface area (Å²) in [6.07, 6.45) is -0.801. The summed E-state index contributed by atoms with van der Waals surface area (Å²) in [7, 11) is 0. The average molecular weight is 203 g/mol. The molecule has 0 radical (unpaired) electrons. The number of carbonyl (C=O) groups excluding carboxylic acids is 1. The molecule has 1 aliphatic heterocycles. The second kappa shape index (κ2) is 4.92. The monoisotopic (exact) mass is 203 g/mol. The minimum absolute atomic E-state index is 0.361. The lowest BCUT2D eigenvalue weighted by Gasteiger charge is -2.10. The van der Waals surface area contributed by atoms with Gasteiger partial charge in [0, 0.05) is 0 Å². The van der Waals surface area contributed by atoms with Crippen LogP contribution < -0.4 is 5.48 Å². The van der Waals surface area contributed by atoms with Crippen molar-refractivity contribution >= 4 is 11.9 Å². The number of ether oxygens (including phenoxy) is 1. The van der Waals surface area contributed by atoms with Gasteiger partial charge in [-0.05, 0) is 19.8 Å². The molecule has 1 fully saturated rings. The molecule has 1 aliphatic rings. The van der Waals surface area contributed by atoms with Gasteiger partial charge in [-0.1, -0.05) is 0 Å². The van der Waals surface area contributed by atoms with Gasteiger partial charge < -0.3 is 9.84 Å². The number of amides is 1. The van der Waals surface area contributed by atoms with Gasteiger partial charge in [-0.25, -0.2) is 10.3 Å². The molecule has 0 unspecified atom stereocenters. The maximum absolute atomic E-state index is 11.2. The van der Waals surface area contributed by atoms with Crippen molar-refractivity contribution in [2.75, 3.05) is 6.61 Å². The first kappa shape index (κ1) is 10.9. The van der Waals surface area contributed by atoms with Crippen LogP contribution in [0.25, 0.3) is 0 Å². The molecule has 0 saturated carbocycles. The van der Waals surface area contributed by atoms with Gasteiger partial charge in [0.2, 0.25) is 0 Å². The fourth-order valence-electron chi connectivity index (χ4n) is 1.22. The van der Waals surface area contributed by atoms with Crippen molar-refractivity contribution in [1.82, 2.24) is 5.48 Å². The lowest BCUT2D eigenvalue weighted by atomic mass is 10.2. The van der Waals surface area contributed by atoms with Crippen LogP contribution in [0, 0.1) is 0 Å². The highest BCUT2D eigenvalue weighted by molar-refractivity contribution is 5.81. The first-order valence-corrected chi connectivity index (χ1v) is 4.45. The minimum Gasteiger partial charge on any atom is -0.479 e. The van der Waals surface area contributed by atoms with Crippen LogP contribution in [0.1, 0.15) is 19.8 Å². The minimum atomic E-state index is -1.03. The third-order valence-electron chi connectivity index (χ3n) is 1.90. The van der Waals surface area contributed by atoms with Crippen molar-refractivity contribution < 1.29 is 24.3 Å². The lowest BCUT2D eigenvalue weighted by Crippen LogP contribution is -2.35. The van der Waals surface area contributed by atoms with E-state index in [0.29, 0.717) is 19.4 Å². The quantitative estimate of drug-likeness (QED) is 0.612. The number of hydrogen-bond acceptors (Lipinski definition) is 4. The first-order chi connectivity index (χ1) is 6.65. The molecule has 1 heterocycles. The fraction of sp³-hybridized carbons (Fsp3) is 0.750. The Morgan fingerprint density at radius 1 is 1.50 bits per heavy atom. The van der Waals surface area contributed by atoms with E-state index in [-0.39, 0.29) is 0 Å². The smallest absolute Gasteiger partial charge is 0.332 e. The van der Waals surface area contributed by atoms with E-state index in [0.717, 1.165) is 0 Å². The largest absolute Gasteiger partial charge is 0.479 e. The van der Waals surface area contributed by atoms with Gasteiger partial charge in [0.25, 0.3) is 5.91 Å². The maximum Gasteiger partial charge on any atom is 0.332 e. The van der Waals surface area contributed by atoms with E-state index in [1.165, 1.54) is 0 Å². The molecule has 80 valence electrons. The van der Waals surface area contributed by atoms with Crippen LogP contribution in [-0.4, -0.2) is 35.8 Å². The molecular weight excluding hydrogens is 190 g/mol. The molecular formula is C8H13NO5. The first-order valence-electron chi connectivity index (χ1n) is 4.45. The molecule has 6 heteroatoms. The third kappa shape index (κ3) is 2.68. The molecule has 1 amide bonds. The summed E-state index contributed by atoms with van der Waals surface area (Å²) >= 11 is 0. The van der Waals surface area contributed by atoms with Crippen LogP contribution in [0.15, 0.2) is 0 Å². The number of nitrogens with one attached hydrogen (secondary N) is 1. The fourth-order valence-corrected chi connectivity index (χ4v) is 1.22. The molecule has 2 atom stereocenters. The van der Waals surface area contributed by atoms with Crippen LogP contribution >= 0.6 is 0 Å². The van der Waals surface area contributed by atoms with Crippen LogP contribution in [0.5, 0.6) is 0 Å². The zero-order valence-electron chi connectivity index (χ0n) is 7.86. The standard InChI is InChI=1S/C8H13NO5/c1-2-13-9-7(10)5-3-4-6(14-5)8(11)12/h5-6H,2-4H2,1H3,(H,9,10)(H,11,12)/t5-,6+/m0/s1. The maximum atomic E-state index is 11.2. The van der Waals surface area contributed by atoms with Crippen molar-refractivity contribution in [1.29, 1.82) is 0 Å². The SMILES string of the molecule is CCONC(=O)[C@@H]1CC[C@H](C(=O)O)O1. The summed E-state index contributed by atoms with van der Waals surface area (Å²) < 4.78 is 4.99. The molecule has 1 rings (SSSR count). The van der Waals surface area contributed by atoms with Crippen molar-refractivity contribution in [3.8, 4) is 0 Å². The normalized spacial score (nSPS) is 26.1. The van der Waals surface area contributed by atoms with E-state index in [1.807, 2.05) is 0 Å². The van der Waals surface area contributed by atoms with Crippen LogP contribution in [0.3, 0.4) is 0 Å². The molecule has 1 saturated heterocycles. The molecule has 0 aromatic carbocycles. The van der Waals surface area contributed by atoms with E-state index in [1.54, 1.807) is 6.92 Å². The molecule has 0 aromatic rings. The molecule has 14 heavy (non-hydrogen) atoms. The number of aliphatic carboxylic acids is 1. The number of carboxylic acid groups (broad SMARTS) is 1. The number of hydroxylamine groups is 1. The molecule has 6 nitrogen and oxygen atoms in total. The molecule has 0 aliphatic carbocycles. The Hall–Kier alpha value is -1.14. The van der Waals surface area contributed by atoms with Gasteiger partial charge in [-0.2, -0.15) is 0 Å². The van der Waals surface area contributed by atoms with Gasteiger partial charge in [0.15, 0.2) is 6.10 Å².